The van der Waals surface area contributed by atoms with E-state index in [1.807, 2.05) is 54.6 Å². The number of rotatable bonds is 7. The Labute approximate surface area is 256 Å². The highest BCUT2D eigenvalue weighted by molar-refractivity contribution is 7.07. The van der Waals surface area contributed by atoms with Crippen LogP contribution in [0.1, 0.15) is 36.6 Å². The minimum Gasteiger partial charge on any atom is -0.489 e. The SMILES string of the molecule is CCOC(=O)C1=C(C)N=c2s/c(=C\c3ccc(OCc4cccc5ccccc45)cc3)c(=O)n2[C@H]1c1ccc2c(c1)OCO2. The van der Waals surface area contributed by atoms with Gasteiger partial charge in [-0.2, -0.15) is 0 Å². The predicted octanol–water partition coefficient (Wildman–Crippen LogP) is 5.26. The van der Waals surface area contributed by atoms with E-state index >= 15 is 0 Å². The summed E-state index contributed by atoms with van der Waals surface area (Å²) in [5.74, 6) is 1.40. The van der Waals surface area contributed by atoms with Crippen LogP contribution in [0.3, 0.4) is 0 Å². The number of thiazole rings is 1. The highest BCUT2D eigenvalue weighted by Gasteiger charge is 2.34. The molecule has 0 unspecified atom stereocenters. The first-order valence-electron chi connectivity index (χ1n) is 14.3. The smallest absolute Gasteiger partial charge is 0.338 e. The van der Waals surface area contributed by atoms with Crippen LogP contribution >= 0.6 is 11.3 Å². The van der Waals surface area contributed by atoms with Crippen molar-refractivity contribution >= 4 is 34.2 Å². The molecule has 1 atom stereocenters. The van der Waals surface area contributed by atoms with Gasteiger partial charge in [-0.05, 0) is 71.7 Å². The highest BCUT2D eigenvalue weighted by atomic mass is 32.1. The molecule has 8 nitrogen and oxygen atoms in total. The van der Waals surface area contributed by atoms with Crippen LogP contribution in [-0.2, 0) is 16.1 Å². The second-order valence-electron chi connectivity index (χ2n) is 10.4. The van der Waals surface area contributed by atoms with Gasteiger partial charge in [-0.25, -0.2) is 9.79 Å². The third-order valence-electron chi connectivity index (χ3n) is 7.68. The average Bonchev–Trinajstić information content (AvgIpc) is 3.63. The summed E-state index contributed by atoms with van der Waals surface area (Å²) in [6.45, 7) is 4.28. The number of ether oxygens (including phenoxy) is 4. The summed E-state index contributed by atoms with van der Waals surface area (Å²) in [6, 6.07) is 26.8. The highest BCUT2D eigenvalue weighted by Crippen LogP contribution is 2.38. The zero-order valence-corrected chi connectivity index (χ0v) is 24.9. The van der Waals surface area contributed by atoms with Gasteiger partial charge in [0.05, 0.1) is 28.5 Å². The molecule has 0 radical (unpaired) electrons. The molecular formula is C35H28N2O6S. The molecule has 0 saturated carbocycles. The summed E-state index contributed by atoms with van der Waals surface area (Å²) in [6.07, 6.45) is 1.83. The number of fused-ring (bicyclic) bond motifs is 3. The fourth-order valence-corrected chi connectivity index (χ4v) is 6.63. The molecule has 2 aliphatic heterocycles. The first-order chi connectivity index (χ1) is 21.5. The minimum absolute atomic E-state index is 0.119. The lowest BCUT2D eigenvalue weighted by Crippen LogP contribution is -2.39. The fourth-order valence-electron chi connectivity index (χ4n) is 5.58. The van der Waals surface area contributed by atoms with Crippen LogP contribution in [0.15, 0.2) is 106 Å². The van der Waals surface area contributed by atoms with Crippen molar-refractivity contribution in [2.45, 2.75) is 26.5 Å². The maximum Gasteiger partial charge on any atom is 0.338 e. The van der Waals surface area contributed by atoms with Crippen LogP contribution in [0.5, 0.6) is 17.2 Å². The summed E-state index contributed by atoms with van der Waals surface area (Å²) in [7, 11) is 0. The van der Waals surface area contributed by atoms with Gasteiger partial charge in [-0.1, -0.05) is 72.0 Å². The molecule has 0 amide bonds. The van der Waals surface area contributed by atoms with Gasteiger partial charge in [-0.3, -0.25) is 9.36 Å². The van der Waals surface area contributed by atoms with Gasteiger partial charge in [-0.15, -0.1) is 0 Å². The van der Waals surface area contributed by atoms with E-state index in [1.54, 1.807) is 30.5 Å². The largest absolute Gasteiger partial charge is 0.489 e. The molecule has 3 heterocycles. The van der Waals surface area contributed by atoms with E-state index in [-0.39, 0.29) is 19.0 Å². The van der Waals surface area contributed by atoms with E-state index in [2.05, 4.69) is 29.3 Å². The summed E-state index contributed by atoms with van der Waals surface area (Å²) >= 11 is 1.28. The van der Waals surface area contributed by atoms with E-state index in [0.29, 0.717) is 44.3 Å². The van der Waals surface area contributed by atoms with Crippen molar-refractivity contribution in [3.05, 3.63) is 133 Å². The number of aromatic nitrogens is 1. The first kappa shape index (κ1) is 27.7. The van der Waals surface area contributed by atoms with Crippen LogP contribution in [0.2, 0.25) is 0 Å². The lowest BCUT2D eigenvalue weighted by atomic mass is 9.95. The standard InChI is InChI=1S/C35H28N2O6S/c1-3-40-34(39)31-21(2)36-35-37(32(31)24-13-16-28-29(18-24)43-20-42-28)33(38)30(44-35)17-22-11-14-26(15-12-22)41-19-25-9-6-8-23-7-4-5-10-27(23)25/h4-18,32H,3,19-20H2,1-2H3/b30-17-/t32-/m0/s1. The van der Waals surface area contributed by atoms with Crippen LogP contribution in [-0.4, -0.2) is 23.9 Å². The van der Waals surface area contributed by atoms with Crippen LogP contribution in [0.25, 0.3) is 16.8 Å². The Balaban J connectivity index is 1.21. The third-order valence-corrected chi connectivity index (χ3v) is 8.66. The Morgan fingerprint density at radius 2 is 1.82 bits per heavy atom. The Bertz CT molecular complexity index is 2120. The number of hydrogen-bond acceptors (Lipinski definition) is 8. The van der Waals surface area contributed by atoms with Gasteiger partial charge >= 0.3 is 5.97 Å². The van der Waals surface area contributed by atoms with Crippen molar-refractivity contribution in [2.24, 2.45) is 4.99 Å². The molecule has 4 aromatic carbocycles. The lowest BCUT2D eigenvalue weighted by Gasteiger charge is -2.24. The second kappa shape index (κ2) is 11.5. The number of benzene rings is 4. The molecule has 0 N–H and O–H groups in total. The summed E-state index contributed by atoms with van der Waals surface area (Å²) < 4.78 is 24.6. The van der Waals surface area contributed by atoms with Gasteiger partial charge in [0, 0.05) is 0 Å². The van der Waals surface area contributed by atoms with Crippen molar-refractivity contribution in [2.75, 3.05) is 13.4 Å². The van der Waals surface area contributed by atoms with Gasteiger partial charge in [0.1, 0.15) is 12.4 Å². The van der Waals surface area contributed by atoms with Crippen molar-refractivity contribution in [3.63, 3.8) is 0 Å². The van der Waals surface area contributed by atoms with Crippen LogP contribution in [0.4, 0.5) is 0 Å². The molecule has 1 aromatic heterocycles. The van der Waals surface area contributed by atoms with Crippen molar-refractivity contribution in [1.29, 1.82) is 0 Å². The maximum atomic E-state index is 13.9. The Morgan fingerprint density at radius 1 is 1.02 bits per heavy atom. The molecule has 7 rings (SSSR count). The normalized spacial score (nSPS) is 15.7. The summed E-state index contributed by atoms with van der Waals surface area (Å²) in [4.78, 5) is 32.2. The molecule has 44 heavy (non-hydrogen) atoms. The molecule has 0 spiro atoms. The molecule has 220 valence electrons. The quantitative estimate of drug-likeness (QED) is 0.236. The predicted molar refractivity (Wildman–Crippen MR) is 168 cm³/mol. The number of nitrogens with zero attached hydrogens (tertiary/aromatic N) is 2. The maximum absolute atomic E-state index is 13.9. The van der Waals surface area contributed by atoms with Crippen LogP contribution < -0.4 is 29.1 Å². The summed E-state index contributed by atoms with van der Waals surface area (Å²) in [5.41, 5.74) is 3.23. The Morgan fingerprint density at radius 3 is 2.66 bits per heavy atom. The number of hydrogen-bond donors (Lipinski definition) is 0. The van der Waals surface area contributed by atoms with Crippen molar-refractivity contribution in [1.82, 2.24) is 4.57 Å². The van der Waals surface area contributed by atoms with Crippen molar-refractivity contribution < 1.29 is 23.7 Å². The molecule has 0 aliphatic carbocycles. The summed E-state index contributed by atoms with van der Waals surface area (Å²) in [5, 5.41) is 2.35. The number of allylic oxidation sites excluding steroid dienone is 1. The number of esters is 1. The van der Waals surface area contributed by atoms with E-state index in [4.69, 9.17) is 18.9 Å². The Kier molecular flexibility index (Phi) is 7.23. The molecule has 0 bridgehead atoms. The average molecular weight is 605 g/mol. The van der Waals surface area contributed by atoms with Gasteiger partial charge in [0.25, 0.3) is 5.56 Å². The lowest BCUT2D eigenvalue weighted by molar-refractivity contribution is -0.139. The van der Waals surface area contributed by atoms with E-state index in [0.717, 1.165) is 16.9 Å². The van der Waals surface area contributed by atoms with Gasteiger partial charge in [0.15, 0.2) is 16.3 Å². The molecule has 2 aliphatic rings. The topological polar surface area (TPSA) is 88.4 Å². The van der Waals surface area contributed by atoms with E-state index in [1.165, 1.54) is 22.1 Å². The second-order valence-corrected chi connectivity index (χ2v) is 11.4. The molecule has 0 saturated heterocycles. The zero-order chi connectivity index (χ0) is 30.2. The monoisotopic (exact) mass is 604 g/mol. The zero-order valence-electron chi connectivity index (χ0n) is 24.1. The van der Waals surface area contributed by atoms with Gasteiger partial charge < -0.3 is 18.9 Å². The number of carbonyl (C=O) groups is 1. The molecular weight excluding hydrogens is 576 g/mol. The Hall–Kier alpha value is -5.15. The molecule has 5 aromatic rings. The first-order valence-corrected chi connectivity index (χ1v) is 15.1. The van der Waals surface area contributed by atoms with E-state index in [9.17, 15) is 9.59 Å². The molecule has 0 fully saturated rings. The van der Waals surface area contributed by atoms with E-state index < -0.39 is 12.0 Å². The van der Waals surface area contributed by atoms with Gasteiger partial charge in [0.2, 0.25) is 6.79 Å². The van der Waals surface area contributed by atoms with Crippen molar-refractivity contribution in [3.8, 4) is 17.2 Å². The third kappa shape index (κ3) is 5.05. The molecule has 9 heteroatoms. The fraction of sp³-hybridized carbons (Fsp3) is 0.171. The minimum atomic E-state index is -0.730. The van der Waals surface area contributed by atoms with Crippen LogP contribution in [0, 0.1) is 0 Å². The number of carbonyl (C=O) groups excluding carboxylic acids is 1.